The van der Waals surface area contributed by atoms with Gasteiger partial charge in [-0.3, -0.25) is 4.79 Å². The van der Waals surface area contributed by atoms with Crippen molar-refractivity contribution < 1.29 is 19.1 Å². The van der Waals surface area contributed by atoms with Crippen LogP contribution in [0, 0.1) is 5.92 Å². The predicted molar refractivity (Wildman–Crippen MR) is 93.6 cm³/mol. The Labute approximate surface area is 145 Å². The Bertz CT molecular complexity index is 785. The smallest absolute Gasteiger partial charge is 0.336 e. The van der Waals surface area contributed by atoms with E-state index in [4.69, 9.17) is 9.15 Å². The van der Waals surface area contributed by atoms with Gasteiger partial charge in [-0.15, -0.1) is 0 Å². The number of fused-ring (bicyclic) bond motifs is 1. The van der Waals surface area contributed by atoms with Gasteiger partial charge in [0, 0.05) is 24.1 Å². The highest BCUT2D eigenvalue weighted by molar-refractivity contribution is 5.79. The average molecular weight is 345 g/mol. The first-order valence-electron chi connectivity index (χ1n) is 8.73. The second-order valence-electron chi connectivity index (χ2n) is 6.49. The van der Waals surface area contributed by atoms with E-state index >= 15 is 0 Å². The third-order valence-corrected chi connectivity index (χ3v) is 4.66. The number of hydrogen-bond acceptors (Lipinski definition) is 5. The van der Waals surface area contributed by atoms with E-state index in [1.807, 2.05) is 0 Å². The normalized spacial score (nSPS) is 19.9. The second kappa shape index (κ2) is 8.16. The molecule has 0 radical (unpaired) electrons. The number of carbonyl (C=O) groups is 1. The van der Waals surface area contributed by atoms with Gasteiger partial charge in [-0.05, 0) is 49.8 Å². The monoisotopic (exact) mass is 345 g/mol. The molecule has 2 unspecified atom stereocenters. The van der Waals surface area contributed by atoms with E-state index in [2.05, 4.69) is 5.32 Å². The first kappa shape index (κ1) is 17.5. The lowest BCUT2D eigenvalue weighted by Gasteiger charge is -2.14. The summed E-state index contributed by atoms with van der Waals surface area (Å²) >= 11 is 0. The van der Waals surface area contributed by atoms with Gasteiger partial charge in [0.2, 0.25) is 0 Å². The molecule has 0 spiro atoms. The van der Waals surface area contributed by atoms with Crippen molar-refractivity contribution in [3.63, 3.8) is 0 Å². The van der Waals surface area contributed by atoms with Gasteiger partial charge < -0.3 is 19.6 Å². The lowest BCUT2D eigenvalue weighted by molar-refractivity contribution is -0.123. The Balaban J connectivity index is 1.40. The summed E-state index contributed by atoms with van der Waals surface area (Å²) in [5.41, 5.74) is 0.00954. The van der Waals surface area contributed by atoms with Crippen LogP contribution >= 0.6 is 0 Å². The molecule has 1 heterocycles. The van der Waals surface area contributed by atoms with Crippen LogP contribution in [0.15, 0.2) is 39.5 Å². The van der Waals surface area contributed by atoms with E-state index in [0.29, 0.717) is 23.8 Å². The average Bonchev–Trinajstić information content (AvgIpc) is 3.01. The number of amides is 1. The van der Waals surface area contributed by atoms with E-state index in [9.17, 15) is 14.7 Å². The van der Waals surface area contributed by atoms with Gasteiger partial charge in [-0.1, -0.05) is 6.42 Å². The number of rotatable bonds is 7. The van der Waals surface area contributed by atoms with E-state index in [1.165, 1.54) is 6.07 Å². The van der Waals surface area contributed by atoms with Crippen LogP contribution in [0.4, 0.5) is 0 Å². The predicted octanol–water partition coefficient (Wildman–Crippen LogP) is 2.23. The standard InChI is InChI=1S/C19H23NO5/c21-16-5-1-3-13(16)4-2-10-20-18(22)12-24-15-8-6-14-7-9-19(23)25-17(14)11-15/h6-9,11,13,16,21H,1-5,10,12H2,(H,20,22). The highest BCUT2D eigenvalue weighted by Gasteiger charge is 2.24. The maximum Gasteiger partial charge on any atom is 0.336 e. The van der Waals surface area contributed by atoms with Gasteiger partial charge in [0.05, 0.1) is 6.10 Å². The molecule has 0 aliphatic heterocycles. The van der Waals surface area contributed by atoms with E-state index in [0.717, 1.165) is 37.5 Å². The number of ether oxygens (including phenoxy) is 1. The molecule has 3 rings (SSSR count). The minimum Gasteiger partial charge on any atom is -0.484 e. The maximum absolute atomic E-state index is 11.8. The molecule has 2 aromatic rings. The number of nitrogens with one attached hydrogen (secondary N) is 1. The van der Waals surface area contributed by atoms with Crippen LogP contribution in [0.2, 0.25) is 0 Å². The quantitative estimate of drug-likeness (QED) is 0.593. The van der Waals surface area contributed by atoms with Crippen molar-refractivity contribution in [1.29, 1.82) is 0 Å². The molecule has 1 amide bonds. The van der Waals surface area contributed by atoms with Crippen LogP contribution in [-0.4, -0.2) is 30.3 Å². The minimum absolute atomic E-state index is 0.0887. The number of benzene rings is 1. The Kier molecular flexibility index (Phi) is 5.71. The van der Waals surface area contributed by atoms with Crippen molar-refractivity contribution in [2.24, 2.45) is 5.92 Å². The van der Waals surface area contributed by atoms with Crippen LogP contribution in [-0.2, 0) is 4.79 Å². The zero-order valence-corrected chi connectivity index (χ0v) is 14.1. The first-order valence-corrected chi connectivity index (χ1v) is 8.73. The number of hydrogen-bond donors (Lipinski definition) is 2. The molecule has 0 bridgehead atoms. The van der Waals surface area contributed by atoms with Gasteiger partial charge in [0.25, 0.3) is 5.91 Å². The summed E-state index contributed by atoms with van der Waals surface area (Å²) < 4.78 is 10.5. The molecule has 134 valence electrons. The zero-order chi connectivity index (χ0) is 17.6. The fraction of sp³-hybridized carbons (Fsp3) is 0.474. The highest BCUT2D eigenvalue weighted by atomic mass is 16.5. The molecule has 0 saturated heterocycles. The summed E-state index contributed by atoms with van der Waals surface area (Å²) in [5, 5.41) is 13.4. The van der Waals surface area contributed by atoms with Gasteiger partial charge in [-0.25, -0.2) is 4.79 Å². The van der Waals surface area contributed by atoms with Crippen molar-refractivity contribution in [1.82, 2.24) is 5.32 Å². The van der Waals surface area contributed by atoms with E-state index in [1.54, 1.807) is 24.3 Å². The van der Waals surface area contributed by atoms with Crippen LogP contribution in [0.1, 0.15) is 32.1 Å². The third kappa shape index (κ3) is 4.82. The summed E-state index contributed by atoms with van der Waals surface area (Å²) in [6.07, 6.45) is 4.69. The van der Waals surface area contributed by atoms with E-state index in [-0.39, 0.29) is 18.6 Å². The summed E-state index contributed by atoms with van der Waals surface area (Å²) in [6.45, 7) is 0.493. The van der Waals surface area contributed by atoms with Crippen LogP contribution in [0.5, 0.6) is 5.75 Å². The molecule has 6 nitrogen and oxygen atoms in total. The van der Waals surface area contributed by atoms with Crippen LogP contribution in [0.25, 0.3) is 11.0 Å². The molecule has 1 fully saturated rings. The Hall–Kier alpha value is -2.34. The molecule has 1 saturated carbocycles. The van der Waals surface area contributed by atoms with Crippen LogP contribution in [0.3, 0.4) is 0 Å². The lowest BCUT2D eigenvalue weighted by atomic mass is 10.00. The zero-order valence-electron chi connectivity index (χ0n) is 14.1. The largest absolute Gasteiger partial charge is 0.484 e. The van der Waals surface area contributed by atoms with E-state index < -0.39 is 5.63 Å². The second-order valence-corrected chi connectivity index (χ2v) is 6.49. The molecule has 2 N–H and O–H groups in total. The Morgan fingerprint density at radius 3 is 2.92 bits per heavy atom. The van der Waals surface area contributed by atoms with Gasteiger partial charge in [-0.2, -0.15) is 0 Å². The summed E-state index contributed by atoms with van der Waals surface area (Å²) in [6, 6.07) is 8.15. The van der Waals surface area contributed by atoms with Crippen molar-refractivity contribution in [2.75, 3.05) is 13.2 Å². The molecule has 1 aliphatic rings. The fourth-order valence-electron chi connectivity index (χ4n) is 3.28. The van der Waals surface area contributed by atoms with Crippen molar-refractivity contribution in [3.05, 3.63) is 40.8 Å². The molecule has 2 atom stereocenters. The lowest BCUT2D eigenvalue weighted by Crippen LogP contribution is -2.30. The van der Waals surface area contributed by atoms with Gasteiger partial charge in [0.1, 0.15) is 11.3 Å². The molecule has 25 heavy (non-hydrogen) atoms. The first-order chi connectivity index (χ1) is 12.1. The topological polar surface area (TPSA) is 88.8 Å². The van der Waals surface area contributed by atoms with Gasteiger partial charge in [0.15, 0.2) is 6.61 Å². The van der Waals surface area contributed by atoms with Crippen molar-refractivity contribution >= 4 is 16.9 Å². The molecular weight excluding hydrogens is 322 g/mol. The fourth-order valence-corrected chi connectivity index (χ4v) is 3.28. The number of carbonyl (C=O) groups excluding carboxylic acids is 1. The maximum atomic E-state index is 11.8. The number of aliphatic hydroxyl groups excluding tert-OH is 1. The third-order valence-electron chi connectivity index (χ3n) is 4.66. The molecular formula is C19H23NO5. The molecule has 1 aromatic heterocycles. The molecule has 1 aliphatic carbocycles. The Morgan fingerprint density at radius 1 is 1.28 bits per heavy atom. The van der Waals surface area contributed by atoms with Crippen molar-refractivity contribution in [2.45, 2.75) is 38.2 Å². The summed E-state index contributed by atoms with van der Waals surface area (Å²) in [5.74, 6) is 0.660. The van der Waals surface area contributed by atoms with Crippen LogP contribution < -0.4 is 15.7 Å². The van der Waals surface area contributed by atoms with Gasteiger partial charge >= 0.3 is 5.63 Å². The highest BCUT2D eigenvalue weighted by Crippen LogP contribution is 2.28. The summed E-state index contributed by atoms with van der Waals surface area (Å²) in [7, 11) is 0. The molecule has 1 aromatic carbocycles. The SMILES string of the molecule is O=C(COc1ccc2ccc(=O)oc2c1)NCCCC1CCCC1O. The number of aliphatic hydroxyl groups is 1. The minimum atomic E-state index is -0.422. The molecule has 6 heteroatoms. The van der Waals surface area contributed by atoms with Crippen molar-refractivity contribution in [3.8, 4) is 5.75 Å². The Morgan fingerprint density at radius 2 is 2.12 bits per heavy atom. The summed E-state index contributed by atoms with van der Waals surface area (Å²) in [4.78, 5) is 23.1.